The van der Waals surface area contributed by atoms with Gasteiger partial charge in [-0.2, -0.15) is 0 Å². The van der Waals surface area contributed by atoms with Crippen LogP contribution in [0.3, 0.4) is 0 Å². The molecule has 1 aliphatic heterocycles. The zero-order chi connectivity index (χ0) is 8.39. The second kappa shape index (κ2) is 3.24. The van der Waals surface area contributed by atoms with E-state index in [1.165, 1.54) is 11.1 Å². The van der Waals surface area contributed by atoms with Gasteiger partial charge in [-0.1, -0.05) is 24.3 Å². The molecule has 1 atom stereocenters. The summed E-state index contributed by atoms with van der Waals surface area (Å²) in [6.07, 6.45) is 1.06. The Kier molecular flexibility index (Phi) is 2.09. The smallest absolute Gasteiger partial charge is 0.131 e. The number of rotatable bonds is 0. The summed E-state index contributed by atoms with van der Waals surface area (Å²) in [5, 5.41) is 3.03. The molecule has 1 heterocycles. The van der Waals surface area contributed by atoms with Crippen LogP contribution >= 0.6 is 9.39 Å². The van der Waals surface area contributed by atoms with E-state index in [0.29, 0.717) is 0 Å². The highest BCUT2D eigenvalue weighted by molar-refractivity contribution is 7.15. The maximum Gasteiger partial charge on any atom is 0.131 e. The lowest BCUT2D eigenvalue weighted by Gasteiger charge is -2.15. The lowest BCUT2D eigenvalue weighted by atomic mass is 10.0. The quantitative estimate of drug-likeness (QED) is 0.596. The first-order valence-corrected chi connectivity index (χ1v) is 4.59. The van der Waals surface area contributed by atoms with Gasteiger partial charge in [-0.3, -0.25) is 4.99 Å². The van der Waals surface area contributed by atoms with Gasteiger partial charge in [0.15, 0.2) is 0 Å². The monoisotopic (exact) mass is 178 g/mol. The molecule has 0 saturated heterocycles. The zero-order valence-corrected chi connectivity index (χ0v) is 7.90. The molecule has 1 aliphatic rings. The minimum Gasteiger partial charge on any atom is -0.354 e. The minimum atomic E-state index is 0.897. The van der Waals surface area contributed by atoms with Crippen LogP contribution in [-0.4, -0.2) is 12.4 Å². The number of nitrogens with one attached hydrogen (secondary N) is 1. The van der Waals surface area contributed by atoms with E-state index in [1.54, 1.807) is 0 Å². The normalized spacial score (nSPS) is 14.9. The average molecular weight is 178 g/mol. The fraction of sp³-hybridized carbons (Fsp3) is 0.222. The Balaban J connectivity index is 2.48. The van der Waals surface area contributed by atoms with Gasteiger partial charge in [-0.05, 0) is 21.4 Å². The zero-order valence-electron chi connectivity index (χ0n) is 6.75. The van der Waals surface area contributed by atoms with Crippen molar-refractivity contribution in [3.05, 3.63) is 35.4 Å². The van der Waals surface area contributed by atoms with Gasteiger partial charge in [0.2, 0.25) is 0 Å². The number of nitrogens with zero attached hydrogens (tertiary/aromatic N) is 1. The van der Waals surface area contributed by atoms with Crippen LogP contribution < -0.4 is 5.09 Å². The lowest BCUT2D eigenvalue weighted by Crippen LogP contribution is -2.20. The first-order valence-electron chi connectivity index (χ1n) is 4.01. The van der Waals surface area contributed by atoms with E-state index >= 15 is 0 Å². The molecule has 0 fully saturated rings. The summed E-state index contributed by atoms with van der Waals surface area (Å²) in [4.78, 5) is 4.37. The van der Waals surface area contributed by atoms with E-state index in [1.807, 2.05) is 6.07 Å². The predicted molar refractivity (Wildman–Crippen MR) is 54.4 cm³/mol. The summed E-state index contributed by atoms with van der Waals surface area (Å²) in [6.45, 7) is 0.897. The Morgan fingerprint density at radius 3 is 3.00 bits per heavy atom. The predicted octanol–water partition coefficient (Wildman–Crippen LogP) is 1.37. The third-order valence-corrected chi connectivity index (χ3v) is 2.33. The van der Waals surface area contributed by atoms with Crippen molar-refractivity contribution in [2.45, 2.75) is 6.42 Å². The SMILES string of the molecule is PNC1=NCCc2ccccc21. The maximum absolute atomic E-state index is 4.37. The molecule has 0 spiro atoms. The number of benzene rings is 1. The third-order valence-electron chi connectivity index (χ3n) is 2.06. The van der Waals surface area contributed by atoms with Gasteiger partial charge in [-0.25, -0.2) is 0 Å². The number of hydrogen-bond donors (Lipinski definition) is 1. The fourth-order valence-corrected chi connectivity index (χ4v) is 1.71. The van der Waals surface area contributed by atoms with E-state index in [-0.39, 0.29) is 0 Å². The molecule has 1 aromatic rings. The van der Waals surface area contributed by atoms with E-state index in [9.17, 15) is 0 Å². The third kappa shape index (κ3) is 1.23. The molecule has 1 unspecified atom stereocenters. The molecule has 2 rings (SSSR count). The van der Waals surface area contributed by atoms with E-state index in [4.69, 9.17) is 0 Å². The summed E-state index contributed by atoms with van der Waals surface area (Å²) in [5.41, 5.74) is 2.62. The summed E-state index contributed by atoms with van der Waals surface area (Å²) in [6, 6.07) is 8.38. The first kappa shape index (κ1) is 7.75. The lowest BCUT2D eigenvalue weighted by molar-refractivity contribution is 0.935. The Morgan fingerprint density at radius 2 is 2.17 bits per heavy atom. The number of fused-ring (bicyclic) bond motifs is 1. The number of aliphatic imine (C=N–C) groups is 1. The highest BCUT2D eigenvalue weighted by Crippen LogP contribution is 2.14. The Hall–Kier alpha value is -0.880. The van der Waals surface area contributed by atoms with Crippen molar-refractivity contribution in [3.63, 3.8) is 0 Å². The molecule has 3 heteroatoms. The van der Waals surface area contributed by atoms with Crippen molar-refractivity contribution in [1.29, 1.82) is 0 Å². The average Bonchev–Trinajstić information content (AvgIpc) is 2.17. The Morgan fingerprint density at radius 1 is 1.33 bits per heavy atom. The summed E-state index contributed by atoms with van der Waals surface area (Å²) in [5.74, 6) is 0.988. The second-order valence-electron chi connectivity index (χ2n) is 2.78. The van der Waals surface area contributed by atoms with Gasteiger partial charge >= 0.3 is 0 Å². The molecular weight excluding hydrogens is 167 g/mol. The van der Waals surface area contributed by atoms with Crippen molar-refractivity contribution in [3.8, 4) is 0 Å². The van der Waals surface area contributed by atoms with Crippen LogP contribution in [-0.2, 0) is 6.42 Å². The van der Waals surface area contributed by atoms with E-state index in [0.717, 1.165) is 18.8 Å². The van der Waals surface area contributed by atoms with Gasteiger partial charge in [-0.15, -0.1) is 0 Å². The molecule has 0 bridgehead atoms. The first-order chi connectivity index (χ1) is 5.92. The van der Waals surface area contributed by atoms with E-state index < -0.39 is 0 Å². The summed E-state index contributed by atoms with van der Waals surface area (Å²) in [7, 11) is 2.49. The Labute approximate surface area is 74.4 Å². The molecule has 0 aromatic heterocycles. The molecule has 1 aromatic carbocycles. The van der Waals surface area contributed by atoms with Crippen LogP contribution in [0.4, 0.5) is 0 Å². The standard InChI is InChI=1S/C9H11N2P/c12-11-9-8-4-2-1-3-7(8)5-6-10-9/h1-4H,5-6,12H2,(H,10,11). The maximum atomic E-state index is 4.37. The van der Waals surface area contributed by atoms with Crippen molar-refractivity contribution in [2.24, 2.45) is 4.99 Å². The molecule has 0 amide bonds. The van der Waals surface area contributed by atoms with Gasteiger partial charge in [0, 0.05) is 12.1 Å². The highest BCUT2D eigenvalue weighted by Gasteiger charge is 2.10. The molecule has 12 heavy (non-hydrogen) atoms. The van der Waals surface area contributed by atoms with Crippen molar-refractivity contribution in [1.82, 2.24) is 5.09 Å². The van der Waals surface area contributed by atoms with Crippen LogP contribution in [0.25, 0.3) is 0 Å². The van der Waals surface area contributed by atoms with Crippen LogP contribution in [0.15, 0.2) is 29.3 Å². The molecule has 0 radical (unpaired) electrons. The molecular formula is C9H11N2P. The topological polar surface area (TPSA) is 24.4 Å². The van der Waals surface area contributed by atoms with Gasteiger partial charge in [0.05, 0.1) is 0 Å². The van der Waals surface area contributed by atoms with Crippen molar-refractivity contribution >= 4 is 15.2 Å². The van der Waals surface area contributed by atoms with Gasteiger partial charge < -0.3 is 5.09 Å². The number of amidine groups is 1. The summed E-state index contributed by atoms with van der Waals surface area (Å²) < 4.78 is 0. The fourth-order valence-electron chi connectivity index (χ4n) is 1.47. The number of hydrogen-bond acceptors (Lipinski definition) is 2. The highest BCUT2D eigenvalue weighted by atomic mass is 31.0. The van der Waals surface area contributed by atoms with Crippen LogP contribution in [0.1, 0.15) is 11.1 Å². The molecule has 0 saturated carbocycles. The minimum absolute atomic E-state index is 0.897. The Bertz CT molecular complexity index is 320. The van der Waals surface area contributed by atoms with Crippen LogP contribution in [0.2, 0.25) is 0 Å². The van der Waals surface area contributed by atoms with Crippen LogP contribution in [0, 0.1) is 0 Å². The largest absolute Gasteiger partial charge is 0.354 e. The van der Waals surface area contributed by atoms with E-state index in [2.05, 4.69) is 37.7 Å². The molecule has 0 aliphatic carbocycles. The second-order valence-corrected chi connectivity index (χ2v) is 3.07. The van der Waals surface area contributed by atoms with Crippen LogP contribution in [0.5, 0.6) is 0 Å². The van der Waals surface area contributed by atoms with Gasteiger partial charge in [0.25, 0.3) is 0 Å². The molecule has 2 nitrogen and oxygen atoms in total. The van der Waals surface area contributed by atoms with Crippen molar-refractivity contribution < 1.29 is 0 Å². The molecule has 1 N–H and O–H groups in total. The molecule has 62 valence electrons. The summed E-state index contributed by atoms with van der Waals surface area (Å²) >= 11 is 0. The van der Waals surface area contributed by atoms with Gasteiger partial charge in [0.1, 0.15) is 5.84 Å². The van der Waals surface area contributed by atoms with Crippen molar-refractivity contribution in [2.75, 3.05) is 6.54 Å².